The van der Waals surface area contributed by atoms with Crippen LogP contribution in [0.25, 0.3) is 0 Å². The van der Waals surface area contributed by atoms with Crippen molar-refractivity contribution in [1.29, 1.82) is 0 Å². The molecular weight excluding hydrogens is 638 g/mol. The molecule has 0 aliphatic carbocycles. The first-order chi connectivity index (χ1) is 24.2. The van der Waals surface area contributed by atoms with Crippen molar-refractivity contribution in [2.75, 3.05) is 0 Å². The Labute approximate surface area is 289 Å². The van der Waals surface area contributed by atoms with Gasteiger partial charge in [-0.05, 0) is 0 Å². The molecule has 1 heterocycles. The van der Waals surface area contributed by atoms with Gasteiger partial charge in [-0.15, -0.1) is 0 Å². The van der Waals surface area contributed by atoms with Gasteiger partial charge in [0.25, 0.3) is 0 Å². The molecule has 0 saturated carbocycles. The zero-order valence-electron chi connectivity index (χ0n) is 26.9. The molecule has 0 radical (unpaired) electrons. The SMILES string of the molecule is c1ccc(C2NN([P+](c3ccccc3)(c3ccccc3)c3ccccc3)OP(c3ccccc3)(c3ccccc3)(c3ccccc3)O2)cc1. The van der Waals surface area contributed by atoms with Crippen molar-refractivity contribution in [1.82, 2.24) is 10.4 Å². The predicted octanol–water partition coefficient (Wildman–Crippen LogP) is 7.72. The average molecular weight is 676 g/mol. The van der Waals surface area contributed by atoms with Crippen molar-refractivity contribution < 1.29 is 9.15 Å². The zero-order valence-corrected chi connectivity index (χ0v) is 28.7. The maximum atomic E-state index is 8.08. The molecule has 1 aliphatic heterocycles. The van der Waals surface area contributed by atoms with Crippen LogP contribution in [0.4, 0.5) is 0 Å². The normalized spacial score (nSPS) is 18.1. The third-order valence-electron chi connectivity index (χ3n) is 9.21. The molecule has 0 amide bonds. The molecule has 7 aromatic carbocycles. The summed E-state index contributed by atoms with van der Waals surface area (Å²) >= 11 is 0. The van der Waals surface area contributed by atoms with Gasteiger partial charge >= 0.3 is 290 Å². The van der Waals surface area contributed by atoms with Crippen LogP contribution >= 0.6 is 14.5 Å². The van der Waals surface area contributed by atoms with Gasteiger partial charge in [-0.3, -0.25) is 0 Å². The van der Waals surface area contributed by atoms with Crippen LogP contribution in [-0.4, -0.2) is 4.94 Å². The third-order valence-corrected chi connectivity index (χ3v) is 18.0. The van der Waals surface area contributed by atoms with Gasteiger partial charge in [0.2, 0.25) is 0 Å². The van der Waals surface area contributed by atoms with Crippen LogP contribution in [0.2, 0.25) is 0 Å². The Balaban J connectivity index is 1.54. The standard InChI is InChI=1S/C43H37N2O2P2/c1-8-22-36(23-9-1)43-44-45(48(37-24-10-2-11-25-37,38-26-12-3-13-27-38)39-28-14-4-15-29-39)47-49(46-43,40-30-16-5-17-31-40,41-32-18-6-19-33-41)42-34-20-7-21-35-42/h1-35,43-44H/q+1. The topological polar surface area (TPSA) is 33.7 Å². The van der Waals surface area contributed by atoms with Gasteiger partial charge in [-0.2, -0.15) is 0 Å². The summed E-state index contributed by atoms with van der Waals surface area (Å²) in [7, 11) is -7.15. The zero-order chi connectivity index (χ0) is 33.0. The van der Waals surface area contributed by atoms with E-state index in [1.807, 2.05) is 6.07 Å². The van der Waals surface area contributed by atoms with E-state index in [0.29, 0.717) is 0 Å². The fraction of sp³-hybridized carbons (Fsp3) is 0.0233. The second-order valence-electron chi connectivity index (χ2n) is 12.0. The van der Waals surface area contributed by atoms with E-state index in [2.05, 4.69) is 217 Å². The Morgan fingerprint density at radius 3 is 1.06 bits per heavy atom. The van der Waals surface area contributed by atoms with Crippen molar-refractivity contribution in [2.45, 2.75) is 6.23 Å². The van der Waals surface area contributed by atoms with E-state index in [1.54, 1.807) is 0 Å². The van der Waals surface area contributed by atoms with Crippen LogP contribution in [0.15, 0.2) is 212 Å². The van der Waals surface area contributed by atoms with E-state index in [-0.39, 0.29) is 0 Å². The van der Waals surface area contributed by atoms with Crippen LogP contribution in [0.3, 0.4) is 0 Å². The Bertz CT molecular complexity index is 1910. The number of nitrogens with one attached hydrogen (secondary N) is 1. The molecule has 4 nitrogen and oxygen atoms in total. The molecule has 1 N–H and O–H groups in total. The van der Waals surface area contributed by atoms with E-state index in [0.717, 1.165) is 37.4 Å². The fourth-order valence-corrected chi connectivity index (χ4v) is 16.1. The molecule has 0 spiro atoms. The number of benzene rings is 7. The molecular formula is C43H37N2O2P2+. The van der Waals surface area contributed by atoms with Gasteiger partial charge in [0.05, 0.1) is 0 Å². The van der Waals surface area contributed by atoms with Crippen molar-refractivity contribution in [3.05, 3.63) is 218 Å². The van der Waals surface area contributed by atoms with Crippen molar-refractivity contribution >= 4 is 46.3 Å². The molecule has 7 aromatic rings. The van der Waals surface area contributed by atoms with Crippen LogP contribution in [0.5, 0.6) is 0 Å². The van der Waals surface area contributed by atoms with Crippen molar-refractivity contribution in [3.63, 3.8) is 0 Å². The van der Waals surface area contributed by atoms with Crippen LogP contribution in [-0.2, 0) is 9.15 Å². The summed E-state index contributed by atoms with van der Waals surface area (Å²) in [5, 5.41) is 6.39. The third kappa shape index (κ3) is 5.17. The first-order valence-electron chi connectivity index (χ1n) is 16.5. The first kappa shape index (κ1) is 31.5. The molecule has 6 heteroatoms. The molecule has 0 aromatic heterocycles. The van der Waals surface area contributed by atoms with E-state index in [1.165, 1.54) is 0 Å². The van der Waals surface area contributed by atoms with Gasteiger partial charge in [-0.25, -0.2) is 0 Å². The molecule has 1 unspecified atom stereocenters. The molecule has 8 rings (SSSR count). The number of nitrogens with zero attached hydrogens (tertiary/aromatic N) is 1. The van der Waals surface area contributed by atoms with Gasteiger partial charge in [0.1, 0.15) is 0 Å². The van der Waals surface area contributed by atoms with Crippen molar-refractivity contribution in [2.24, 2.45) is 0 Å². The van der Waals surface area contributed by atoms with Gasteiger partial charge in [0.15, 0.2) is 0 Å². The van der Waals surface area contributed by atoms with E-state index in [4.69, 9.17) is 9.15 Å². The molecule has 1 saturated heterocycles. The summed E-state index contributed by atoms with van der Waals surface area (Å²) in [6, 6.07) is 74.4. The summed E-state index contributed by atoms with van der Waals surface area (Å²) in [4.78, 5) is 2.12. The van der Waals surface area contributed by atoms with Crippen LogP contribution in [0, 0.1) is 0 Å². The fourth-order valence-electron chi connectivity index (χ4n) is 6.98. The van der Waals surface area contributed by atoms with E-state index < -0.39 is 20.7 Å². The van der Waals surface area contributed by atoms with Crippen LogP contribution in [0.1, 0.15) is 11.8 Å². The molecule has 0 bridgehead atoms. The molecule has 1 aliphatic rings. The quantitative estimate of drug-likeness (QED) is 0.167. The summed E-state index contributed by atoms with van der Waals surface area (Å²) in [5.41, 5.74) is 4.87. The Morgan fingerprint density at radius 1 is 0.408 bits per heavy atom. The number of hydrogen-bond acceptors (Lipinski definition) is 4. The van der Waals surface area contributed by atoms with E-state index >= 15 is 0 Å². The van der Waals surface area contributed by atoms with Crippen LogP contribution < -0.4 is 37.3 Å². The monoisotopic (exact) mass is 675 g/mol. The van der Waals surface area contributed by atoms with Gasteiger partial charge < -0.3 is 0 Å². The summed E-state index contributed by atoms with van der Waals surface area (Å²) < 4.78 is 15.9. The number of hydrogen-bond donors (Lipinski definition) is 1. The molecule has 49 heavy (non-hydrogen) atoms. The average Bonchev–Trinajstić information content (AvgIpc) is 3.21. The minimum atomic E-state index is -4.33. The number of rotatable bonds is 8. The summed E-state index contributed by atoms with van der Waals surface area (Å²) in [6.45, 7) is 0. The van der Waals surface area contributed by atoms with Gasteiger partial charge in [-0.1, -0.05) is 0 Å². The van der Waals surface area contributed by atoms with E-state index in [9.17, 15) is 0 Å². The Hall–Kier alpha value is -4.76. The molecule has 240 valence electrons. The Morgan fingerprint density at radius 2 is 0.714 bits per heavy atom. The van der Waals surface area contributed by atoms with Crippen molar-refractivity contribution in [3.8, 4) is 0 Å². The second kappa shape index (κ2) is 13.3. The number of hydrazine groups is 1. The minimum absolute atomic E-state index is 0.580. The summed E-state index contributed by atoms with van der Waals surface area (Å²) in [5.74, 6) is 0. The predicted molar refractivity (Wildman–Crippen MR) is 207 cm³/mol. The Kier molecular flexibility index (Phi) is 8.53. The maximum absolute atomic E-state index is 8.08. The molecule has 1 fully saturated rings. The first-order valence-corrected chi connectivity index (χ1v) is 20.3. The second-order valence-corrected chi connectivity index (χ2v) is 19.0. The summed E-state index contributed by atoms with van der Waals surface area (Å²) in [6.07, 6.45) is -0.580. The van der Waals surface area contributed by atoms with Gasteiger partial charge in [0, 0.05) is 0 Å². The molecule has 1 atom stereocenters.